The van der Waals surface area contributed by atoms with Gasteiger partial charge in [-0.3, -0.25) is 14.5 Å². The first-order valence-corrected chi connectivity index (χ1v) is 12.2. The zero-order valence-corrected chi connectivity index (χ0v) is 20.6. The maximum atomic E-state index is 13.4. The van der Waals surface area contributed by atoms with E-state index in [-0.39, 0.29) is 11.3 Å². The van der Waals surface area contributed by atoms with Crippen LogP contribution in [-0.2, 0) is 9.59 Å². The molecule has 0 radical (unpaired) electrons. The highest BCUT2D eigenvalue weighted by Crippen LogP contribution is 2.44. The van der Waals surface area contributed by atoms with Crippen molar-refractivity contribution in [3.63, 3.8) is 0 Å². The van der Waals surface area contributed by atoms with Crippen LogP contribution in [-0.4, -0.2) is 28.4 Å². The molecule has 8 heteroatoms. The first-order valence-electron chi connectivity index (χ1n) is 11.0. The third-order valence-corrected chi connectivity index (χ3v) is 7.05. The molecule has 4 aromatic rings. The normalized spacial score (nSPS) is 17.3. The van der Waals surface area contributed by atoms with Crippen molar-refractivity contribution in [3.8, 4) is 5.75 Å². The number of carbonyl (C=O) groups is 2. The Bertz CT molecular complexity index is 1490. The van der Waals surface area contributed by atoms with E-state index in [1.807, 2.05) is 38.1 Å². The van der Waals surface area contributed by atoms with Crippen molar-refractivity contribution < 1.29 is 19.4 Å². The fourth-order valence-electron chi connectivity index (χ4n) is 4.14. The summed E-state index contributed by atoms with van der Waals surface area (Å²) >= 11 is 7.41. The largest absolute Gasteiger partial charge is 0.507 e. The molecule has 0 saturated carbocycles. The second-order valence-corrected chi connectivity index (χ2v) is 9.59. The molecule has 5 rings (SSSR count). The number of aliphatic hydroxyl groups excluding tert-OH is 1. The van der Waals surface area contributed by atoms with Gasteiger partial charge in [-0.15, -0.1) is 0 Å². The number of Topliss-reactive ketones (excluding diaryl/α,β-unsaturated/α-hetero) is 1. The van der Waals surface area contributed by atoms with Gasteiger partial charge in [0.25, 0.3) is 5.78 Å². The topological polar surface area (TPSA) is 79.7 Å². The molecular weight excluding hydrogens is 484 g/mol. The molecule has 0 aliphatic carbocycles. The fourth-order valence-corrected chi connectivity index (χ4v) is 5.41. The van der Waals surface area contributed by atoms with Crippen LogP contribution < -0.4 is 9.64 Å². The number of anilines is 1. The zero-order chi connectivity index (χ0) is 24.7. The van der Waals surface area contributed by atoms with Gasteiger partial charge in [-0.1, -0.05) is 64.9 Å². The summed E-state index contributed by atoms with van der Waals surface area (Å²) in [6, 6.07) is 18.8. The van der Waals surface area contributed by atoms with Gasteiger partial charge in [0.1, 0.15) is 11.5 Å². The number of amides is 1. The lowest BCUT2D eigenvalue weighted by atomic mass is 9.95. The number of halogens is 1. The van der Waals surface area contributed by atoms with E-state index in [9.17, 15) is 14.7 Å². The van der Waals surface area contributed by atoms with Crippen LogP contribution in [0.3, 0.4) is 0 Å². The van der Waals surface area contributed by atoms with Crippen LogP contribution in [0.4, 0.5) is 5.13 Å². The predicted molar refractivity (Wildman–Crippen MR) is 138 cm³/mol. The van der Waals surface area contributed by atoms with Crippen LogP contribution in [0.2, 0.25) is 5.02 Å². The molecule has 0 spiro atoms. The number of thiazole rings is 1. The monoisotopic (exact) mass is 504 g/mol. The molecule has 3 aromatic carbocycles. The Morgan fingerprint density at radius 3 is 2.63 bits per heavy atom. The molecule has 1 aliphatic rings. The van der Waals surface area contributed by atoms with Gasteiger partial charge >= 0.3 is 5.91 Å². The predicted octanol–water partition coefficient (Wildman–Crippen LogP) is 6.28. The third kappa shape index (κ3) is 4.17. The summed E-state index contributed by atoms with van der Waals surface area (Å²) in [6.07, 6.45) is 0. The number of hydrogen-bond acceptors (Lipinski definition) is 6. The molecule has 1 aromatic heterocycles. The molecule has 1 aliphatic heterocycles. The van der Waals surface area contributed by atoms with Gasteiger partial charge in [0.05, 0.1) is 28.4 Å². The SMILES string of the molecule is CCOc1cccc(/C(O)=C2\C(=O)C(=O)N(c3nc4ccc(Cl)cc4s3)C2c2ccc(C)cc2)c1. The van der Waals surface area contributed by atoms with Crippen LogP contribution in [0, 0.1) is 6.92 Å². The van der Waals surface area contributed by atoms with Crippen molar-refractivity contribution in [2.75, 3.05) is 11.5 Å². The summed E-state index contributed by atoms with van der Waals surface area (Å²) in [5.41, 5.74) is 2.79. The number of ketones is 1. The Morgan fingerprint density at radius 2 is 1.89 bits per heavy atom. The molecule has 1 amide bonds. The van der Waals surface area contributed by atoms with E-state index >= 15 is 0 Å². The Kier molecular flexibility index (Phi) is 6.05. The number of nitrogens with zero attached hydrogens (tertiary/aromatic N) is 2. The molecule has 0 bridgehead atoms. The van der Waals surface area contributed by atoms with Crippen molar-refractivity contribution in [3.05, 3.63) is 94.0 Å². The minimum Gasteiger partial charge on any atom is -0.507 e. The summed E-state index contributed by atoms with van der Waals surface area (Å²) in [5.74, 6) is -1.22. The average molecular weight is 505 g/mol. The van der Waals surface area contributed by atoms with E-state index < -0.39 is 17.7 Å². The Hall–Kier alpha value is -3.68. The number of aliphatic hydroxyl groups is 1. The van der Waals surface area contributed by atoms with Crippen LogP contribution in [0.1, 0.15) is 29.7 Å². The smallest absolute Gasteiger partial charge is 0.301 e. The van der Waals surface area contributed by atoms with Gasteiger partial charge in [-0.25, -0.2) is 4.98 Å². The number of rotatable bonds is 5. The molecule has 35 heavy (non-hydrogen) atoms. The highest BCUT2D eigenvalue weighted by atomic mass is 35.5. The minimum atomic E-state index is -0.845. The van der Waals surface area contributed by atoms with E-state index in [1.165, 1.54) is 16.2 Å². The van der Waals surface area contributed by atoms with Crippen molar-refractivity contribution in [1.29, 1.82) is 0 Å². The fraction of sp³-hybridized carbons (Fsp3) is 0.148. The number of hydrogen-bond donors (Lipinski definition) is 1. The molecule has 1 atom stereocenters. The first kappa shape index (κ1) is 23.1. The molecule has 1 unspecified atom stereocenters. The maximum Gasteiger partial charge on any atom is 0.301 e. The van der Waals surface area contributed by atoms with Crippen LogP contribution in [0.25, 0.3) is 16.0 Å². The van der Waals surface area contributed by atoms with Crippen molar-refractivity contribution in [2.45, 2.75) is 19.9 Å². The van der Waals surface area contributed by atoms with Gasteiger partial charge in [0.2, 0.25) is 0 Å². The van der Waals surface area contributed by atoms with Gasteiger partial charge < -0.3 is 9.84 Å². The number of aromatic nitrogens is 1. The second-order valence-electron chi connectivity index (χ2n) is 8.15. The molecular formula is C27H21ClN2O4S. The quantitative estimate of drug-likeness (QED) is 0.196. The molecule has 1 fully saturated rings. The lowest BCUT2D eigenvalue weighted by Crippen LogP contribution is -2.29. The number of benzene rings is 3. The van der Waals surface area contributed by atoms with Gasteiger partial charge in [-0.05, 0) is 49.7 Å². The maximum absolute atomic E-state index is 13.4. The molecule has 176 valence electrons. The van der Waals surface area contributed by atoms with Crippen molar-refractivity contribution in [1.82, 2.24) is 4.98 Å². The molecule has 1 saturated heterocycles. The first-order chi connectivity index (χ1) is 16.9. The summed E-state index contributed by atoms with van der Waals surface area (Å²) in [5, 5.41) is 12.2. The third-order valence-electron chi connectivity index (χ3n) is 5.80. The van der Waals surface area contributed by atoms with Gasteiger partial charge in [-0.2, -0.15) is 0 Å². The van der Waals surface area contributed by atoms with Crippen LogP contribution >= 0.6 is 22.9 Å². The van der Waals surface area contributed by atoms with Gasteiger partial charge in [0.15, 0.2) is 5.13 Å². The van der Waals surface area contributed by atoms with Gasteiger partial charge in [0, 0.05) is 10.6 Å². The zero-order valence-electron chi connectivity index (χ0n) is 19.0. The number of ether oxygens (including phenoxy) is 1. The van der Waals surface area contributed by atoms with Crippen LogP contribution in [0.5, 0.6) is 5.75 Å². The van der Waals surface area contributed by atoms with E-state index in [4.69, 9.17) is 16.3 Å². The number of fused-ring (bicyclic) bond motifs is 1. The summed E-state index contributed by atoms with van der Waals surface area (Å²) in [6.45, 7) is 4.28. The molecule has 2 heterocycles. The Morgan fingerprint density at radius 1 is 1.11 bits per heavy atom. The minimum absolute atomic E-state index is 0.00444. The second kappa shape index (κ2) is 9.17. The number of aryl methyl sites for hydroxylation is 1. The van der Waals surface area contributed by atoms with E-state index in [2.05, 4.69) is 4.98 Å². The Labute approximate surface area is 211 Å². The van der Waals surface area contributed by atoms with E-state index in [0.717, 1.165) is 10.3 Å². The summed E-state index contributed by atoms with van der Waals surface area (Å²) in [4.78, 5) is 32.7. The lowest BCUT2D eigenvalue weighted by molar-refractivity contribution is -0.132. The van der Waals surface area contributed by atoms with E-state index in [0.29, 0.717) is 39.2 Å². The van der Waals surface area contributed by atoms with Crippen LogP contribution in [0.15, 0.2) is 72.3 Å². The average Bonchev–Trinajstić information content (AvgIpc) is 3.37. The van der Waals surface area contributed by atoms with Crippen molar-refractivity contribution in [2.24, 2.45) is 0 Å². The molecule has 6 nitrogen and oxygen atoms in total. The summed E-state index contributed by atoms with van der Waals surface area (Å²) < 4.78 is 6.34. The standard InChI is InChI=1S/C27H21ClN2O4S/c1-3-34-19-6-4-5-17(13-19)24(31)22-23(16-9-7-15(2)8-10-16)30(26(33)25(22)32)27-29-20-12-11-18(28)14-21(20)35-27/h4-14,23,31H,3H2,1-2H3/b24-22+. The highest BCUT2D eigenvalue weighted by Gasteiger charge is 2.48. The number of carbonyl (C=O) groups excluding carboxylic acids is 2. The highest BCUT2D eigenvalue weighted by molar-refractivity contribution is 7.22. The van der Waals surface area contributed by atoms with E-state index in [1.54, 1.807) is 42.5 Å². The summed E-state index contributed by atoms with van der Waals surface area (Å²) in [7, 11) is 0. The lowest BCUT2D eigenvalue weighted by Gasteiger charge is -2.23. The van der Waals surface area contributed by atoms with Crippen molar-refractivity contribution >= 4 is 55.7 Å². The molecule has 1 N–H and O–H groups in total. The Balaban J connectivity index is 1.71.